The van der Waals surface area contributed by atoms with Gasteiger partial charge in [-0.25, -0.2) is 4.79 Å². The topological polar surface area (TPSA) is 34.1 Å². The molecule has 7 heteroatoms. The maximum atomic E-state index is 11.6. The first-order valence-electron chi connectivity index (χ1n) is 3.06. The van der Waals surface area contributed by atoms with Crippen molar-refractivity contribution in [1.82, 2.24) is 0 Å². The van der Waals surface area contributed by atoms with Crippen LogP contribution in [-0.4, -0.2) is 21.8 Å². The molecule has 0 aromatic rings. The summed E-state index contributed by atoms with van der Waals surface area (Å²) in [4.78, 5) is 18.7. The highest BCUT2D eigenvalue weighted by atomic mass is 79.9. The summed E-state index contributed by atoms with van der Waals surface area (Å²) in [5.41, 5.74) is 0. The number of carbonyl (C=O) groups is 1. The highest BCUT2D eigenvalue weighted by Gasteiger charge is 2.40. The molecular formula is C6H8BrF3NO2+. The monoisotopic (exact) mass is 262 g/mol. The van der Waals surface area contributed by atoms with Crippen molar-refractivity contribution in [2.45, 2.75) is 19.4 Å². The van der Waals surface area contributed by atoms with Crippen LogP contribution in [0.15, 0.2) is 6.58 Å². The Hall–Kier alpha value is -0.650. The Morgan fingerprint density at radius 2 is 1.92 bits per heavy atom. The molecule has 0 fully saturated rings. The minimum Gasteiger partial charge on any atom is -0.286 e. The van der Waals surface area contributed by atoms with Crippen molar-refractivity contribution in [3.05, 3.63) is 6.58 Å². The van der Waals surface area contributed by atoms with Crippen LogP contribution in [0.5, 0.6) is 0 Å². The SMILES string of the molecule is C=C=O.C[C@H](CC(=O)Br)[N+](F)(F)F. The minimum atomic E-state index is -3.67. The molecule has 0 aliphatic heterocycles. The maximum absolute atomic E-state index is 11.6. The third-order valence-electron chi connectivity index (χ3n) is 0.956. The number of quaternary nitrogens is 1. The van der Waals surface area contributed by atoms with Crippen LogP contribution in [0.4, 0.5) is 13.4 Å². The first-order chi connectivity index (χ1) is 5.75. The average Bonchev–Trinajstić information content (AvgIpc) is 1.85. The van der Waals surface area contributed by atoms with Gasteiger partial charge in [-0.15, -0.1) is 0 Å². The van der Waals surface area contributed by atoms with Gasteiger partial charge < -0.3 is 0 Å². The first kappa shape index (κ1) is 14.9. The molecule has 0 heterocycles. The van der Waals surface area contributed by atoms with Gasteiger partial charge in [0.2, 0.25) is 15.9 Å². The highest BCUT2D eigenvalue weighted by Crippen LogP contribution is 2.20. The van der Waals surface area contributed by atoms with Gasteiger partial charge in [0.05, 0.1) is 19.9 Å². The van der Waals surface area contributed by atoms with Crippen molar-refractivity contribution in [3.8, 4) is 0 Å². The molecule has 0 saturated carbocycles. The summed E-state index contributed by atoms with van der Waals surface area (Å²) in [7, 11) is 0. The average molecular weight is 263 g/mol. The predicted molar refractivity (Wildman–Crippen MR) is 42.9 cm³/mol. The normalized spacial score (nSPS) is 12.1. The molecule has 0 aromatic heterocycles. The van der Waals surface area contributed by atoms with Crippen LogP contribution < -0.4 is 0 Å². The Labute approximate surface area is 81.3 Å². The number of hydrogen-bond acceptors (Lipinski definition) is 2. The zero-order chi connectivity index (χ0) is 11.1. The Bertz CT molecular complexity index is 199. The van der Waals surface area contributed by atoms with Crippen molar-refractivity contribution in [1.29, 1.82) is 0 Å². The van der Waals surface area contributed by atoms with Crippen LogP contribution in [0, 0.1) is 0 Å². The molecule has 13 heavy (non-hydrogen) atoms. The van der Waals surface area contributed by atoms with Crippen LogP contribution in [0.25, 0.3) is 0 Å². The molecule has 0 amide bonds. The van der Waals surface area contributed by atoms with E-state index in [1.54, 1.807) is 0 Å². The second kappa shape index (κ2) is 6.82. The van der Waals surface area contributed by atoms with Gasteiger partial charge in [0.25, 0.3) is 0 Å². The van der Waals surface area contributed by atoms with Crippen molar-refractivity contribution >= 4 is 26.6 Å². The van der Waals surface area contributed by atoms with Gasteiger partial charge in [0, 0.05) is 0 Å². The summed E-state index contributed by atoms with van der Waals surface area (Å²) in [6, 6.07) is -1.62. The lowest BCUT2D eigenvalue weighted by atomic mass is 10.3. The van der Waals surface area contributed by atoms with Gasteiger partial charge in [0.15, 0.2) is 0 Å². The first-order valence-corrected chi connectivity index (χ1v) is 3.85. The maximum Gasteiger partial charge on any atom is 0.247 e. The number of carbonyl (C=O) groups excluding carboxylic acids is 2. The van der Waals surface area contributed by atoms with Crippen LogP contribution >= 0.6 is 15.9 Å². The predicted octanol–water partition coefficient (Wildman–Crippen LogP) is 2.16. The van der Waals surface area contributed by atoms with Crippen molar-refractivity contribution in [2.24, 2.45) is 0 Å². The fourth-order valence-corrected chi connectivity index (χ4v) is 0.804. The lowest BCUT2D eigenvalue weighted by Crippen LogP contribution is -2.31. The largest absolute Gasteiger partial charge is 0.286 e. The summed E-state index contributed by atoms with van der Waals surface area (Å²) in [5, 5.41) is -3.67. The second-order valence-corrected chi connectivity index (χ2v) is 2.92. The zero-order valence-electron chi connectivity index (χ0n) is 6.77. The Morgan fingerprint density at radius 1 is 1.62 bits per heavy atom. The molecule has 0 N–H and O–H groups in total. The fourth-order valence-electron chi connectivity index (χ4n) is 0.336. The van der Waals surface area contributed by atoms with E-state index in [-0.39, 0.29) is 0 Å². The van der Waals surface area contributed by atoms with Gasteiger partial charge in [-0.05, 0) is 29.4 Å². The molecule has 1 atom stereocenters. The standard InChI is InChI=1S/C4H6BrF3NO.C2H2O/c1-3(2-4(5)10)9(6,7)8;1-2-3/h3H,2H2,1H3;1H2/q+1;/t3-;/m1./s1. The van der Waals surface area contributed by atoms with E-state index in [2.05, 4.69) is 22.5 Å². The quantitative estimate of drug-likeness (QED) is 0.444. The van der Waals surface area contributed by atoms with Crippen LogP contribution in [0.3, 0.4) is 0 Å². The number of halogens is 4. The summed E-state index contributed by atoms with van der Waals surface area (Å²) in [6.45, 7) is 3.62. The molecule has 0 aliphatic rings. The third kappa shape index (κ3) is 11.3. The van der Waals surface area contributed by atoms with Gasteiger partial charge >= 0.3 is 0 Å². The molecule has 0 spiro atoms. The molecule has 0 bridgehead atoms. The minimum absolute atomic E-state index is 0.524. The van der Waals surface area contributed by atoms with Gasteiger partial charge in [-0.2, -0.15) is 0 Å². The number of rotatable bonds is 3. The molecule has 0 rings (SSSR count). The summed E-state index contributed by atoms with van der Waals surface area (Å²) < 4.78 is 34.1. The number of nitrogens with zero attached hydrogens (tertiary/aromatic N) is 1. The highest BCUT2D eigenvalue weighted by molar-refractivity contribution is 9.18. The fraction of sp³-hybridized carbons (Fsp3) is 0.500. The van der Waals surface area contributed by atoms with Crippen LogP contribution in [-0.2, 0) is 9.59 Å². The van der Waals surface area contributed by atoms with Gasteiger partial charge in [0.1, 0.15) is 5.94 Å². The lowest BCUT2D eigenvalue weighted by molar-refractivity contribution is -1.28. The van der Waals surface area contributed by atoms with Gasteiger partial charge in [-0.3, -0.25) is 4.79 Å². The Kier molecular flexibility index (Phi) is 7.79. The molecule has 0 radical (unpaired) electrons. The molecular weight excluding hydrogens is 255 g/mol. The summed E-state index contributed by atoms with van der Waals surface area (Å²) in [5.74, 6) is 1.25. The lowest BCUT2D eigenvalue weighted by Gasteiger charge is -2.06. The van der Waals surface area contributed by atoms with Crippen molar-refractivity contribution in [3.63, 3.8) is 0 Å². The van der Waals surface area contributed by atoms with E-state index in [4.69, 9.17) is 4.79 Å². The van der Waals surface area contributed by atoms with E-state index < -0.39 is 22.3 Å². The van der Waals surface area contributed by atoms with E-state index in [1.807, 2.05) is 0 Å². The molecule has 0 aliphatic carbocycles. The third-order valence-corrected chi connectivity index (χ3v) is 1.28. The Morgan fingerprint density at radius 3 is 2.00 bits per heavy atom. The van der Waals surface area contributed by atoms with Crippen LogP contribution in [0.1, 0.15) is 13.3 Å². The Balaban J connectivity index is 0. The molecule has 0 saturated heterocycles. The van der Waals surface area contributed by atoms with Gasteiger partial charge in [-0.1, -0.05) is 0 Å². The molecule has 3 nitrogen and oxygen atoms in total. The summed E-state index contributed by atoms with van der Waals surface area (Å²) in [6.07, 6.45) is -0.524. The van der Waals surface area contributed by atoms with Crippen LogP contribution in [0.2, 0.25) is 0 Å². The number of hydrogen-bond donors (Lipinski definition) is 0. The van der Waals surface area contributed by atoms with E-state index >= 15 is 0 Å². The van der Waals surface area contributed by atoms with Crippen molar-refractivity contribution < 1.29 is 28.2 Å². The molecule has 0 unspecified atom stereocenters. The van der Waals surface area contributed by atoms with E-state index in [9.17, 15) is 18.2 Å². The van der Waals surface area contributed by atoms with Crippen molar-refractivity contribution in [2.75, 3.05) is 0 Å². The summed E-state index contributed by atoms with van der Waals surface area (Å²) >= 11 is 2.42. The second-order valence-electron chi connectivity index (χ2n) is 2.04. The smallest absolute Gasteiger partial charge is 0.247 e. The van der Waals surface area contributed by atoms with E-state index in [0.29, 0.717) is 0 Å². The molecule has 0 aromatic carbocycles. The zero-order valence-corrected chi connectivity index (χ0v) is 8.35. The molecule has 76 valence electrons. The van der Waals surface area contributed by atoms with E-state index in [0.717, 1.165) is 6.92 Å². The van der Waals surface area contributed by atoms with E-state index in [1.165, 1.54) is 5.94 Å².